The third-order valence-electron chi connectivity index (χ3n) is 3.99. The number of hydrogen-bond donors (Lipinski definition) is 2. The van der Waals surface area contributed by atoms with Gasteiger partial charge in [0.05, 0.1) is 11.1 Å². The van der Waals surface area contributed by atoms with Crippen LogP contribution < -0.4 is 15.8 Å². The lowest BCUT2D eigenvalue weighted by atomic mass is 9.83. The second-order valence-corrected chi connectivity index (χ2v) is 6.13. The Bertz CT molecular complexity index is 514. The topological polar surface area (TPSA) is 64.4 Å². The molecule has 1 aromatic carbocycles. The molecule has 5 heteroatoms. The predicted octanol–water partition coefficient (Wildman–Crippen LogP) is 2.97. The number of benzene rings is 1. The molecule has 1 saturated carbocycles. The lowest BCUT2D eigenvalue weighted by Crippen LogP contribution is -2.19. The van der Waals surface area contributed by atoms with Gasteiger partial charge >= 0.3 is 0 Å². The summed E-state index contributed by atoms with van der Waals surface area (Å²) in [4.78, 5) is 11.5. The first kappa shape index (κ1) is 12.9. The molecule has 0 radical (unpaired) electrons. The summed E-state index contributed by atoms with van der Waals surface area (Å²) in [7, 11) is 0. The molecule has 1 aliphatic carbocycles. The van der Waals surface area contributed by atoms with Gasteiger partial charge in [-0.3, -0.25) is 4.79 Å². The van der Waals surface area contributed by atoms with Crippen LogP contribution in [0.1, 0.15) is 37.3 Å². The van der Waals surface area contributed by atoms with Crippen LogP contribution in [0.2, 0.25) is 0 Å². The summed E-state index contributed by atoms with van der Waals surface area (Å²) in [6.07, 6.45) is 5.13. The van der Waals surface area contributed by atoms with Crippen molar-refractivity contribution in [1.29, 1.82) is 0 Å². The molecule has 4 nitrogen and oxygen atoms in total. The van der Waals surface area contributed by atoms with Crippen molar-refractivity contribution >= 4 is 27.5 Å². The fourth-order valence-corrected chi connectivity index (χ4v) is 2.99. The maximum atomic E-state index is 11.5. The van der Waals surface area contributed by atoms with Crippen molar-refractivity contribution in [2.45, 2.75) is 31.7 Å². The molecule has 19 heavy (non-hydrogen) atoms. The van der Waals surface area contributed by atoms with Crippen LogP contribution in [-0.4, -0.2) is 12.5 Å². The molecule has 1 heterocycles. The summed E-state index contributed by atoms with van der Waals surface area (Å²) in [5.74, 6) is 1.45. The number of carbonyl (C=O) groups excluding carboxylic acids is 1. The Balaban J connectivity index is 1.68. The lowest BCUT2D eigenvalue weighted by Gasteiger charge is -2.25. The molecular formula is C14H17BrN2O2. The zero-order valence-electron chi connectivity index (χ0n) is 10.6. The fraction of sp³-hybridized carbons (Fsp3) is 0.500. The number of fused-ring (bicyclic) bond motifs is 1. The molecule has 1 aliphatic heterocycles. The minimum absolute atomic E-state index is 0.159. The van der Waals surface area contributed by atoms with Crippen molar-refractivity contribution < 1.29 is 9.53 Å². The lowest BCUT2D eigenvalue weighted by molar-refractivity contribution is -0.116. The molecule has 1 unspecified atom stereocenters. The standard InChI is InChI=1S/C14H17BrN2O2/c15-10-6-9-11(17-14(18)13(9)16)7-12(10)19-5-4-8-2-1-3-8/h6-8,13H,1-5,16H2,(H,17,18). The molecule has 0 saturated heterocycles. The fourth-order valence-electron chi connectivity index (χ4n) is 2.51. The van der Waals surface area contributed by atoms with Crippen molar-refractivity contribution in [2.75, 3.05) is 11.9 Å². The molecule has 0 spiro atoms. The number of rotatable bonds is 4. The molecule has 3 N–H and O–H groups in total. The van der Waals surface area contributed by atoms with Crippen LogP contribution in [0.15, 0.2) is 16.6 Å². The number of ether oxygens (including phenoxy) is 1. The first-order chi connectivity index (χ1) is 9.15. The van der Waals surface area contributed by atoms with E-state index in [0.717, 1.165) is 40.4 Å². The number of nitrogens with one attached hydrogen (secondary N) is 1. The van der Waals surface area contributed by atoms with Crippen LogP contribution in [0.4, 0.5) is 5.69 Å². The highest BCUT2D eigenvalue weighted by molar-refractivity contribution is 9.10. The van der Waals surface area contributed by atoms with Gasteiger partial charge in [-0.1, -0.05) is 19.3 Å². The Morgan fingerprint density at radius 2 is 2.21 bits per heavy atom. The number of halogens is 1. The van der Waals surface area contributed by atoms with E-state index in [1.165, 1.54) is 19.3 Å². The highest BCUT2D eigenvalue weighted by Gasteiger charge is 2.28. The summed E-state index contributed by atoms with van der Waals surface area (Å²) in [5.41, 5.74) is 7.39. The van der Waals surface area contributed by atoms with Crippen molar-refractivity contribution in [3.63, 3.8) is 0 Å². The summed E-state index contributed by atoms with van der Waals surface area (Å²) < 4.78 is 6.65. The van der Waals surface area contributed by atoms with E-state index >= 15 is 0 Å². The van der Waals surface area contributed by atoms with Crippen LogP contribution in [-0.2, 0) is 4.79 Å². The van der Waals surface area contributed by atoms with Gasteiger partial charge in [0.15, 0.2) is 0 Å². The Kier molecular flexibility index (Phi) is 3.50. The van der Waals surface area contributed by atoms with Gasteiger partial charge in [-0.25, -0.2) is 0 Å². The Morgan fingerprint density at radius 1 is 1.42 bits per heavy atom. The van der Waals surface area contributed by atoms with E-state index < -0.39 is 6.04 Å². The summed E-state index contributed by atoms with van der Waals surface area (Å²) in [6.45, 7) is 0.724. The third-order valence-corrected chi connectivity index (χ3v) is 4.61. The van der Waals surface area contributed by atoms with E-state index in [9.17, 15) is 4.79 Å². The number of carbonyl (C=O) groups is 1. The van der Waals surface area contributed by atoms with E-state index in [1.807, 2.05) is 12.1 Å². The van der Waals surface area contributed by atoms with Crippen LogP contribution in [0, 0.1) is 5.92 Å². The monoisotopic (exact) mass is 324 g/mol. The maximum Gasteiger partial charge on any atom is 0.245 e. The highest BCUT2D eigenvalue weighted by atomic mass is 79.9. The van der Waals surface area contributed by atoms with Gasteiger partial charge in [0, 0.05) is 17.3 Å². The van der Waals surface area contributed by atoms with Gasteiger partial charge in [0.25, 0.3) is 0 Å². The molecule has 2 aliphatic rings. The Hall–Kier alpha value is -1.07. The van der Waals surface area contributed by atoms with E-state index in [1.54, 1.807) is 0 Å². The number of amides is 1. The maximum absolute atomic E-state index is 11.5. The normalized spacial score (nSPS) is 21.8. The molecule has 102 valence electrons. The SMILES string of the molecule is NC1C(=O)Nc2cc(OCCC3CCC3)c(Br)cc21. The smallest absolute Gasteiger partial charge is 0.245 e. The molecule has 1 atom stereocenters. The molecule has 3 rings (SSSR count). The van der Waals surface area contributed by atoms with Gasteiger partial charge in [-0.2, -0.15) is 0 Å². The largest absolute Gasteiger partial charge is 0.492 e. The second-order valence-electron chi connectivity index (χ2n) is 5.27. The predicted molar refractivity (Wildman–Crippen MR) is 77.2 cm³/mol. The molecule has 0 aromatic heterocycles. The van der Waals surface area contributed by atoms with E-state index in [0.29, 0.717) is 0 Å². The van der Waals surface area contributed by atoms with E-state index in [4.69, 9.17) is 10.5 Å². The van der Waals surface area contributed by atoms with Crippen molar-refractivity contribution in [1.82, 2.24) is 0 Å². The van der Waals surface area contributed by atoms with Crippen LogP contribution in [0.3, 0.4) is 0 Å². The minimum Gasteiger partial charge on any atom is -0.492 e. The van der Waals surface area contributed by atoms with Gasteiger partial charge in [-0.15, -0.1) is 0 Å². The van der Waals surface area contributed by atoms with Gasteiger partial charge in [0.2, 0.25) is 5.91 Å². The quantitative estimate of drug-likeness (QED) is 0.894. The van der Waals surface area contributed by atoms with Crippen molar-refractivity contribution in [3.8, 4) is 5.75 Å². The van der Waals surface area contributed by atoms with Crippen LogP contribution >= 0.6 is 15.9 Å². The average Bonchev–Trinajstić information content (AvgIpc) is 2.59. The zero-order valence-corrected chi connectivity index (χ0v) is 12.2. The molecule has 1 fully saturated rings. The number of nitrogens with two attached hydrogens (primary N) is 1. The molecule has 1 aromatic rings. The zero-order chi connectivity index (χ0) is 13.4. The number of anilines is 1. The molecule has 1 amide bonds. The molecular weight excluding hydrogens is 308 g/mol. The average molecular weight is 325 g/mol. The van der Waals surface area contributed by atoms with Gasteiger partial charge in [0.1, 0.15) is 11.8 Å². The van der Waals surface area contributed by atoms with Crippen LogP contribution in [0.25, 0.3) is 0 Å². The Morgan fingerprint density at radius 3 is 2.89 bits per heavy atom. The van der Waals surface area contributed by atoms with E-state index in [2.05, 4.69) is 21.2 Å². The van der Waals surface area contributed by atoms with Gasteiger partial charge < -0.3 is 15.8 Å². The third kappa shape index (κ3) is 2.49. The first-order valence-electron chi connectivity index (χ1n) is 6.68. The highest BCUT2D eigenvalue weighted by Crippen LogP contribution is 2.38. The minimum atomic E-state index is -0.574. The van der Waals surface area contributed by atoms with Crippen molar-refractivity contribution in [3.05, 3.63) is 22.2 Å². The summed E-state index contributed by atoms with van der Waals surface area (Å²) >= 11 is 3.48. The first-order valence-corrected chi connectivity index (χ1v) is 7.47. The Labute approximate surface area is 120 Å². The molecule has 0 bridgehead atoms. The van der Waals surface area contributed by atoms with E-state index in [-0.39, 0.29) is 5.91 Å². The van der Waals surface area contributed by atoms with Crippen LogP contribution in [0.5, 0.6) is 5.75 Å². The summed E-state index contributed by atoms with van der Waals surface area (Å²) in [6, 6.07) is 3.15. The number of hydrogen-bond acceptors (Lipinski definition) is 3. The van der Waals surface area contributed by atoms with Gasteiger partial charge in [-0.05, 0) is 34.3 Å². The van der Waals surface area contributed by atoms with Crippen molar-refractivity contribution in [2.24, 2.45) is 11.7 Å². The summed E-state index contributed by atoms with van der Waals surface area (Å²) in [5, 5.41) is 2.77. The second kappa shape index (κ2) is 5.13.